The zero-order valence-electron chi connectivity index (χ0n) is 15.1. The number of rotatable bonds is 4. The van der Waals surface area contributed by atoms with Gasteiger partial charge in [0.25, 0.3) is 0 Å². The molecule has 0 spiro atoms. The van der Waals surface area contributed by atoms with Crippen LogP contribution in [0.3, 0.4) is 0 Å². The van der Waals surface area contributed by atoms with Crippen LogP contribution in [0.15, 0.2) is 59.6 Å². The molecule has 0 bridgehead atoms. The smallest absolute Gasteiger partial charge is 0.176 e. The summed E-state index contributed by atoms with van der Waals surface area (Å²) in [5, 5.41) is 20.0. The lowest BCUT2D eigenvalue weighted by molar-refractivity contribution is 0.344. The Morgan fingerprint density at radius 2 is 1.75 bits per heavy atom. The molecule has 0 amide bonds. The van der Waals surface area contributed by atoms with E-state index in [2.05, 4.69) is 22.1 Å². The van der Waals surface area contributed by atoms with E-state index < -0.39 is 0 Å². The molecule has 0 unspecified atom stereocenters. The molecule has 6 heteroatoms. The van der Waals surface area contributed by atoms with Crippen molar-refractivity contribution in [2.24, 2.45) is 4.99 Å². The minimum Gasteiger partial charge on any atom is -0.483 e. The molecule has 0 atom stereocenters. The van der Waals surface area contributed by atoms with E-state index in [9.17, 15) is 10.5 Å². The molecule has 4 rings (SSSR count). The highest BCUT2D eigenvalue weighted by atomic mass is 16.5. The quantitative estimate of drug-likeness (QED) is 0.391. The van der Waals surface area contributed by atoms with Gasteiger partial charge < -0.3 is 4.74 Å². The number of aliphatic imine (C=N–C) groups is 1. The lowest BCUT2D eigenvalue weighted by atomic mass is 9.96. The van der Waals surface area contributed by atoms with Crippen LogP contribution in [-0.4, -0.2) is 22.4 Å². The summed E-state index contributed by atoms with van der Waals surface area (Å²) in [4.78, 5) is 9.08. The largest absolute Gasteiger partial charge is 0.483 e. The zero-order valence-corrected chi connectivity index (χ0v) is 15.1. The van der Waals surface area contributed by atoms with Crippen molar-refractivity contribution >= 4 is 28.9 Å². The van der Waals surface area contributed by atoms with E-state index in [0.717, 1.165) is 16.6 Å². The first kappa shape index (κ1) is 17.3. The van der Waals surface area contributed by atoms with Crippen molar-refractivity contribution in [1.29, 1.82) is 10.5 Å². The molecule has 28 heavy (non-hydrogen) atoms. The molecule has 2 aromatic heterocycles. The van der Waals surface area contributed by atoms with E-state index in [4.69, 9.17) is 4.74 Å². The number of hydrogen-bond donors (Lipinski definition) is 0. The van der Waals surface area contributed by atoms with Gasteiger partial charge in [0, 0.05) is 5.56 Å². The molecule has 0 fully saturated rings. The summed E-state index contributed by atoms with van der Waals surface area (Å²) < 4.78 is 7.02. The van der Waals surface area contributed by atoms with Crippen LogP contribution in [0, 0.1) is 22.7 Å². The fraction of sp³-hybridized carbons (Fsp3) is 0.0909. The Morgan fingerprint density at radius 3 is 2.46 bits per heavy atom. The van der Waals surface area contributed by atoms with Gasteiger partial charge in [-0.15, -0.1) is 0 Å². The van der Waals surface area contributed by atoms with E-state index in [0.29, 0.717) is 34.8 Å². The summed E-state index contributed by atoms with van der Waals surface area (Å²) in [6.07, 6.45) is 1.32. The number of fused-ring (bicyclic) bond motifs is 3. The van der Waals surface area contributed by atoms with E-state index in [1.54, 1.807) is 4.40 Å². The molecule has 134 valence electrons. The number of pyridine rings is 1. The highest BCUT2D eigenvalue weighted by Crippen LogP contribution is 2.38. The summed E-state index contributed by atoms with van der Waals surface area (Å²) in [6, 6.07) is 21.4. The van der Waals surface area contributed by atoms with Gasteiger partial charge in [-0.3, -0.25) is 4.40 Å². The van der Waals surface area contributed by atoms with Gasteiger partial charge in [0.05, 0.1) is 17.6 Å². The topological polar surface area (TPSA) is 86.5 Å². The number of nitrogens with zero attached hydrogens (tertiary/aromatic N) is 5. The third-order valence-electron chi connectivity index (χ3n) is 4.42. The van der Waals surface area contributed by atoms with Crippen molar-refractivity contribution < 1.29 is 4.74 Å². The Kier molecular flexibility index (Phi) is 4.45. The number of ether oxygens (including phenoxy) is 1. The summed E-state index contributed by atoms with van der Waals surface area (Å²) in [5.74, 6) is 0.387. The van der Waals surface area contributed by atoms with Crippen LogP contribution in [0.4, 0.5) is 5.82 Å². The third-order valence-corrected chi connectivity index (χ3v) is 4.42. The second-order valence-corrected chi connectivity index (χ2v) is 5.99. The monoisotopic (exact) mass is 365 g/mol. The standard InChI is InChI=1S/C22H15N5O/c1-2-28-14-25-21-16(12-23)20(15-8-4-3-5-9-15)17(13-24)22-26-18-10-6-7-11-19(18)27(21)22/h3-11,14H,2H2,1H3/b25-14+. The Balaban J connectivity index is 2.23. The molecular weight excluding hydrogens is 350 g/mol. The molecule has 6 nitrogen and oxygen atoms in total. The van der Waals surface area contributed by atoms with Crippen LogP contribution >= 0.6 is 0 Å². The lowest BCUT2D eigenvalue weighted by Crippen LogP contribution is -2.00. The van der Waals surface area contributed by atoms with Crippen LogP contribution in [0.25, 0.3) is 27.8 Å². The van der Waals surface area contributed by atoms with Gasteiger partial charge in [-0.2, -0.15) is 10.5 Å². The first-order valence-electron chi connectivity index (χ1n) is 8.77. The summed E-state index contributed by atoms with van der Waals surface area (Å²) >= 11 is 0. The molecule has 4 aromatic rings. The average Bonchev–Trinajstić information content (AvgIpc) is 3.13. The molecule has 0 N–H and O–H groups in total. The molecule has 0 aliphatic carbocycles. The van der Waals surface area contributed by atoms with Crippen LogP contribution in [0.5, 0.6) is 0 Å². The third kappa shape index (κ3) is 2.65. The van der Waals surface area contributed by atoms with Gasteiger partial charge >= 0.3 is 0 Å². The highest BCUT2D eigenvalue weighted by molar-refractivity contribution is 5.92. The van der Waals surface area contributed by atoms with Crippen molar-refractivity contribution in [3.63, 3.8) is 0 Å². The predicted molar refractivity (Wildman–Crippen MR) is 107 cm³/mol. The number of nitriles is 2. The predicted octanol–water partition coefficient (Wildman–Crippen LogP) is 4.59. The van der Waals surface area contributed by atoms with E-state index in [1.165, 1.54) is 6.40 Å². The van der Waals surface area contributed by atoms with Gasteiger partial charge in [0.1, 0.15) is 23.3 Å². The first-order valence-corrected chi connectivity index (χ1v) is 8.77. The molecular formula is C22H15N5O. The van der Waals surface area contributed by atoms with Crippen LogP contribution < -0.4 is 0 Å². The first-order chi connectivity index (χ1) is 13.8. The van der Waals surface area contributed by atoms with Crippen molar-refractivity contribution in [3.05, 3.63) is 65.7 Å². The number of hydrogen-bond acceptors (Lipinski definition) is 5. The van der Waals surface area contributed by atoms with Crippen molar-refractivity contribution in [1.82, 2.24) is 9.38 Å². The second kappa shape index (κ2) is 7.22. The van der Waals surface area contributed by atoms with Crippen molar-refractivity contribution in [2.75, 3.05) is 6.61 Å². The molecule has 2 aromatic carbocycles. The van der Waals surface area contributed by atoms with E-state index in [1.807, 2.05) is 61.5 Å². The SMILES string of the molecule is CCO/C=N/c1c(C#N)c(-c2ccccc2)c(C#N)c2nc3ccccc3n12. The Morgan fingerprint density at radius 1 is 1.04 bits per heavy atom. The average molecular weight is 365 g/mol. The van der Waals surface area contributed by atoms with Gasteiger partial charge in [-0.05, 0) is 24.6 Å². The minimum absolute atomic E-state index is 0.300. The maximum Gasteiger partial charge on any atom is 0.176 e. The summed E-state index contributed by atoms with van der Waals surface area (Å²) in [6.45, 7) is 2.31. The maximum absolute atomic E-state index is 10.00. The molecule has 0 radical (unpaired) electrons. The molecule has 0 saturated carbocycles. The molecule has 2 heterocycles. The number of para-hydroxylation sites is 2. The lowest BCUT2D eigenvalue weighted by Gasteiger charge is -2.12. The van der Waals surface area contributed by atoms with E-state index >= 15 is 0 Å². The normalized spacial score (nSPS) is 11.0. The molecule has 0 saturated heterocycles. The minimum atomic E-state index is 0.300. The molecule has 0 aliphatic heterocycles. The maximum atomic E-state index is 10.00. The molecule has 0 aliphatic rings. The number of imidazole rings is 1. The Labute approximate surface area is 161 Å². The van der Waals surface area contributed by atoms with Crippen LogP contribution in [-0.2, 0) is 4.74 Å². The van der Waals surface area contributed by atoms with Crippen LogP contribution in [0.1, 0.15) is 18.1 Å². The fourth-order valence-corrected chi connectivity index (χ4v) is 3.26. The van der Waals surface area contributed by atoms with Gasteiger partial charge in [0.15, 0.2) is 17.9 Å². The summed E-state index contributed by atoms with van der Waals surface area (Å²) in [5.41, 5.74) is 3.89. The Hall–Kier alpha value is -4.16. The van der Waals surface area contributed by atoms with Gasteiger partial charge in [0.2, 0.25) is 0 Å². The highest BCUT2D eigenvalue weighted by Gasteiger charge is 2.23. The van der Waals surface area contributed by atoms with Gasteiger partial charge in [-0.1, -0.05) is 42.5 Å². The second-order valence-electron chi connectivity index (χ2n) is 5.99. The van der Waals surface area contributed by atoms with E-state index in [-0.39, 0.29) is 0 Å². The summed E-state index contributed by atoms with van der Waals surface area (Å²) in [7, 11) is 0. The number of benzene rings is 2. The van der Waals surface area contributed by atoms with Crippen molar-refractivity contribution in [3.8, 4) is 23.3 Å². The number of aromatic nitrogens is 2. The fourth-order valence-electron chi connectivity index (χ4n) is 3.26. The zero-order chi connectivity index (χ0) is 19.5. The van der Waals surface area contributed by atoms with Crippen molar-refractivity contribution in [2.45, 2.75) is 6.92 Å². The Bertz CT molecular complexity index is 1290. The van der Waals surface area contributed by atoms with Gasteiger partial charge in [-0.25, -0.2) is 9.98 Å². The van der Waals surface area contributed by atoms with Crippen LogP contribution in [0.2, 0.25) is 0 Å².